The number of benzene rings is 6. The molecule has 0 N–H and O–H groups in total. The summed E-state index contributed by atoms with van der Waals surface area (Å²) in [6, 6.07) is 62.3. The van der Waals surface area contributed by atoms with Crippen molar-refractivity contribution in [3.05, 3.63) is 182 Å². The van der Waals surface area contributed by atoms with Gasteiger partial charge in [-0.3, -0.25) is 0 Å². The van der Waals surface area contributed by atoms with Gasteiger partial charge in [0.2, 0.25) is 0 Å². The molecule has 0 heterocycles. The minimum atomic E-state index is 0. The van der Waals surface area contributed by atoms with Gasteiger partial charge in [0.15, 0.2) is 0 Å². The molecule has 0 saturated heterocycles. The molecule has 0 radical (unpaired) electrons. The molecule has 6 aromatic carbocycles. The van der Waals surface area contributed by atoms with Gasteiger partial charge in [0.1, 0.15) is 0 Å². The van der Waals surface area contributed by atoms with Crippen LogP contribution in [0, 0.1) is 0 Å². The van der Waals surface area contributed by atoms with E-state index in [0.717, 1.165) is 0 Å². The average Bonchev–Trinajstić information content (AvgIpc) is 3.01. The maximum absolute atomic E-state index is 2.12. The third-order valence-corrected chi connectivity index (χ3v) is 5.64. The van der Waals surface area contributed by atoms with Crippen molar-refractivity contribution < 1.29 is 34.7 Å². The van der Waals surface area contributed by atoms with Crippen molar-refractivity contribution in [3.8, 4) is 33.4 Å². The third kappa shape index (κ3) is 10.0. The monoisotopic (exact) mass is 566 g/mol. The van der Waals surface area contributed by atoms with Crippen molar-refractivity contribution in [3.63, 3.8) is 0 Å². The van der Waals surface area contributed by atoms with Crippen LogP contribution in [0.2, 0.25) is 0 Å². The molecule has 0 aliphatic carbocycles. The van der Waals surface area contributed by atoms with Crippen LogP contribution >= 0.6 is 0 Å². The van der Waals surface area contributed by atoms with E-state index < -0.39 is 0 Å². The molecule has 0 aliphatic rings. The SMILES string of the molecule is [Cr].[Cr].c1ccc(-c2ccccc2)cc1.c1ccc(-c2ccccc2)cc1.c1ccc(-c2ccccc2)cc1. The fourth-order valence-corrected chi connectivity index (χ4v) is 3.78. The van der Waals surface area contributed by atoms with Crippen LogP contribution in [0.15, 0.2) is 182 Å². The Morgan fingerprint density at radius 1 is 0.158 bits per heavy atom. The first-order valence-electron chi connectivity index (χ1n) is 12.2. The van der Waals surface area contributed by atoms with Gasteiger partial charge in [-0.1, -0.05) is 182 Å². The largest absolute Gasteiger partial charge is 0.0622 e. The molecule has 0 aliphatic heterocycles. The Labute approximate surface area is 248 Å². The molecule has 0 bridgehead atoms. The van der Waals surface area contributed by atoms with Crippen LogP contribution in [0.1, 0.15) is 0 Å². The van der Waals surface area contributed by atoms with Crippen LogP contribution in [0.4, 0.5) is 0 Å². The maximum Gasteiger partial charge on any atom is 0 e. The van der Waals surface area contributed by atoms with Gasteiger partial charge in [-0.2, -0.15) is 0 Å². The predicted octanol–water partition coefficient (Wildman–Crippen LogP) is 10.1. The van der Waals surface area contributed by atoms with E-state index in [2.05, 4.69) is 146 Å². The Kier molecular flexibility index (Phi) is 14.3. The zero-order valence-electron chi connectivity index (χ0n) is 21.1. The summed E-state index contributed by atoms with van der Waals surface area (Å²) in [4.78, 5) is 0. The van der Waals surface area contributed by atoms with Gasteiger partial charge < -0.3 is 0 Å². The van der Waals surface area contributed by atoms with Gasteiger partial charge in [-0.05, 0) is 33.4 Å². The molecule has 186 valence electrons. The van der Waals surface area contributed by atoms with Crippen molar-refractivity contribution in [1.29, 1.82) is 0 Å². The molecule has 2 heteroatoms. The Balaban J connectivity index is 0.000000195. The first-order chi connectivity index (χ1) is 17.9. The maximum atomic E-state index is 2.12. The summed E-state index contributed by atoms with van der Waals surface area (Å²) in [6.45, 7) is 0. The molecule has 0 nitrogen and oxygen atoms in total. The molecule has 0 amide bonds. The second-order valence-corrected chi connectivity index (χ2v) is 8.20. The fourth-order valence-electron chi connectivity index (χ4n) is 3.78. The van der Waals surface area contributed by atoms with E-state index in [4.69, 9.17) is 0 Å². The van der Waals surface area contributed by atoms with Crippen LogP contribution in [-0.2, 0) is 34.7 Å². The Morgan fingerprint density at radius 2 is 0.263 bits per heavy atom. The van der Waals surface area contributed by atoms with Crippen molar-refractivity contribution >= 4 is 0 Å². The normalized spacial score (nSPS) is 9.16. The summed E-state index contributed by atoms with van der Waals surface area (Å²) in [5, 5.41) is 0. The first-order valence-corrected chi connectivity index (χ1v) is 12.2. The van der Waals surface area contributed by atoms with Gasteiger partial charge in [0.25, 0.3) is 0 Å². The quantitative estimate of drug-likeness (QED) is 0.200. The second-order valence-electron chi connectivity index (χ2n) is 8.20. The summed E-state index contributed by atoms with van der Waals surface area (Å²) < 4.78 is 0. The van der Waals surface area contributed by atoms with E-state index in [1.807, 2.05) is 36.4 Å². The standard InChI is InChI=1S/3C12H10.2Cr/c3*1-3-7-11(8-4-1)12-9-5-2-6-10-12;;/h3*1-10H;;. The summed E-state index contributed by atoms with van der Waals surface area (Å²) >= 11 is 0. The smallest absolute Gasteiger partial charge is 0 e. The van der Waals surface area contributed by atoms with Crippen molar-refractivity contribution in [1.82, 2.24) is 0 Å². The zero-order valence-corrected chi connectivity index (χ0v) is 23.7. The van der Waals surface area contributed by atoms with Gasteiger partial charge in [0.05, 0.1) is 0 Å². The number of hydrogen-bond donors (Lipinski definition) is 0. The fraction of sp³-hybridized carbons (Fsp3) is 0. The zero-order chi connectivity index (χ0) is 24.7. The molecule has 0 atom stereocenters. The molecular formula is C36H30Cr2. The minimum Gasteiger partial charge on any atom is -0.0622 e. The van der Waals surface area contributed by atoms with E-state index in [-0.39, 0.29) is 34.7 Å². The average molecular weight is 567 g/mol. The van der Waals surface area contributed by atoms with Gasteiger partial charge in [0, 0.05) is 34.7 Å². The summed E-state index contributed by atoms with van der Waals surface area (Å²) in [5.41, 5.74) is 7.66. The molecule has 38 heavy (non-hydrogen) atoms. The third-order valence-electron chi connectivity index (χ3n) is 5.64. The van der Waals surface area contributed by atoms with E-state index in [1.54, 1.807) is 0 Å². The van der Waals surface area contributed by atoms with Crippen LogP contribution in [0.5, 0.6) is 0 Å². The van der Waals surface area contributed by atoms with Crippen molar-refractivity contribution in [2.45, 2.75) is 0 Å². The molecule has 6 rings (SSSR count). The Bertz CT molecular complexity index is 1080. The molecular weight excluding hydrogens is 536 g/mol. The van der Waals surface area contributed by atoms with Crippen molar-refractivity contribution in [2.24, 2.45) is 0 Å². The number of hydrogen-bond acceptors (Lipinski definition) is 0. The van der Waals surface area contributed by atoms with Crippen LogP contribution in [0.25, 0.3) is 33.4 Å². The molecule has 6 aromatic rings. The molecule has 0 fully saturated rings. The van der Waals surface area contributed by atoms with Crippen LogP contribution in [0.3, 0.4) is 0 Å². The van der Waals surface area contributed by atoms with Crippen LogP contribution < -0.4 is 0 Å². The van der Waals surface area contributed by atoms with Gasteiger partial charge >= 0.3 is 0 Å². The van der Waals surface area contributed by atoms with E-state index in [0.29, 0.717) is 0 Å². The summed E-state index contributed by atoms with van der Waals surface area (Å²) in [7, 11) is 0. The van der Waals surface area contributed by atoms with Crippen molar-refractivity contribution in [2.75, 3.05) is 0 Å². The Morgan fingerprint density at radius 3 is 0.368 bits per heavy atom. The van der Waals surface area contributed by atoms with Crippen LogP contribution in [-0.4, -0.2) is 0 Å². The van der Waals surface area contributed by atoms with E-state index >= 15 is 0 Å². The Hall–Kier alpha value is -3.62. The molecule has 0 saturated carbocycles. The molecule has 0 spiro atoms. The number of rotatable bonds is 3. The van der Waals surface area contributed by atoms with E-state index in [9.17, 15) is 0 Å². The molecule has 0 unspecified atom stereocenters. The van der Waals surface area contributed by atoms with E-state index in [1.165, 1.54) is 33.4 Å². The summed E-state index contributed by atoms with van der Waals surface area (Å²) in [6.07, 6.45) is 0. The van der Waals surface area contributed by atoms with Gasteiger partial charge in [-0.15, -0.1) is 0 Å². The summed E-state index contributed by atoms with van der Waals surface area (Å²) in [5.74, 6) is 0. The second kappa shape index (κ2) is 17.8. The minimum absolute atomic E-state index is 0. The predicted molar refractivity (Wildman–Crippen MR) is 156 cm³/mol. The first kappa shape index (κ1) is 30.6. The molecule has 0 aromatic heterocycles. The topological polar surface area (TPSA) is 0 Å². The van der Waals surface area contributed by atoms with Gasteiger partial charge in [-0.25, -0.2) is 0 Å².